The molecular formula is C14H31Si. The van der Waals surface area contributed by atoms with Crippen molar-refractivity contribution in [2.24, 2.45) is 0 Å². The first-order valence-electron chi connectivity index (χ1n) is 6.85. The highest BCUT2D eigenvalue weighted by Gasteiger charge is 2.11. The Kier molecular flexibility index (Phi) is 9.58. The van der Waals surface area contributed by atoms with E-state index >= 15 is 0 Å². The van der Waals surface area contributed by atoms with E-state index in [0.717, 1.165) is 6.42 Å². The van der Waals surface area contributed by atoms with Gasteiger partial charge in [0.15, 0.2) is 0 Å². The van der Waals surface area contributed by atoms with E-state index in [9.17, 15) is 0 Å². The minimum atomic E-state index is -0.750. The molecule has 0 unspecified atom stereocenters. The highest BCUT2D eigenvalue weighted by atomic mass is 28.3. The molecule has 1 heteroatoms. The summed E-state index contributed by atoms with van der Waals surface area (Å²) in [6.07, 6.45) is 12.6. The van der Waals surface area contributed by atoms with Gasteiger partial charge < -0.3 is 0 Å². The molecule has 0 aliphatic heterocycles. The van der Waals surface area contributed by atoms with Crippen molar-refractivity contribution in [2.45, 2.75) is 83.5 Å². The molecule has 0 aliphatic rings. The SMILES string of the molecule is [CH2]CCCCCCCCCC[Si](C)(C)C. The Hall–Kier alpha value is 0.217. The molecule has 0 N–H and O–H groups in total. The summed E-state index contributed by atoms with van der Waals surface area (Å²) in [5.74, 6) is 0. The van der Waals surface area contributed by atoms with Crippen LogP contribution in [0, 0.1) is 6.92 Å². The van der Waals surface area contributed by atoms with Gasteiger partial charge in [0.2, 0.25) is 0 Å². The van der Waals surface area contributed by atoms with Crippen molar-refractivity contribution in [2.75, 3.05) is 0 Å². The van der Waals surface area contributed by atoms with Gasteiger partial charge in [-0.3, -0.25) is 0 Å². The number of hydrogen-bond donors (Lipinski definition) is 0. The van der Waals surface area contributed by atoms with Crippen molar-refractivity contribution in [3.05, 3.63) is 6.92 Å². The zero-order valence-corrected chi connectivity index (χ0v) is 12.3. The molecule has 0 amide bonds. The van der Waals surface area contributed by atoms with Crippen molar-refractivity contribution in [3.8, 4) is 0 Å². The molecule has 0 heterocycles. The minimum Gasteiger partial charge on any atom is -0.0695 e. The maximum Gasteiger partial charge on any atom is 0.0442 e. The van der Waals surface area contributed by atoms with E-state index in [1.807, 2.05) is 0 Å². The summed E-state index contributed by atoms with van der Waals surface area (Å²) in [5, 5.41) is 0. The number of hydrogen-bond acceptors (Lipinski definition) is 0. The van der Waals surface area contributed by atoms with Crippen molar-refractivity contribution in [1.29, 1.82) is 0 Å². The summed E-state index contributed by atoms with van der Waals surface area (Å²) < 4.78 is 0. The lowest BCUT2D eigenvalue weighted by molar-refractivity contribution is 0.576. The van der Waals surface area contributed by atoms with Gasteiger partial charge in [0.25, 0.3) is 0 Å². The van der Waals surface area contributed by atoms with E-state index in [1.165, 1.54) is 57.4 Å². The number of rotatable bonds is 10. The second-order valence-electron chi connectivity index (χ2n) is 5.99. The van der Waals surface area contributed by atoms with Gasteiger partial charge in [0.1, 0.15) is 0 Å². The van der Waals surface area contributed by atoms with E-state index in [2.05, 4.69) is 26.6 Å². The molecule has 1 radical (unpaired) electrons. The Morgan fingerprint density at radius 3 is 1.47 bits per heavy atom. The summed E-state index contributed by atoms with van der Waals surface area (Å²) in [5.41, 5.74) is 0. The van der Waals surface area contributed by atoms with Crippen LogP contribution in [0.2, 0.25) is 25.7 Å². The van der Waals surface area contributed by atoms with Crippen LogP contribution in [0.5, 0.6) is 0 Å². The van der Waals surface area contributed by atoms with Crippen molar-refractivity contribution in [1.82, 2.24) is 0 Å². The van der Waals surface area contributed by atoms with E-state index in [-0.39, 0.29) is 0 Å². The van der Waals surface area contributed by atoms with Crippen LogP contribution in [-0.4, -0.2) is 8.07 Å². The van der Waals surface area contributed by atoms with E-state index in [1.54, 1.807) is 0 Å². The summed E-state index contributed by atoms with van der Waals surface area (Å²) in [7, 11) is -0.750. The fourth-order valence-electron chi connectivity index (χ4n) is 1.89. The lowest BCUT2D eigenvalue weighted by Crippen LogP contribution is -2.18. The lowest BCUT2D eigenvalue weighted by Gasteiger charge is -2.14. The molecule has 15 heavy (non-hydrogen) atoms. The quantitative estimate of drug-likeness (QED) is 0.333. The Bertz CT molecular complexity index is 124. The van der Waals surface area contributed by atoms with E-state index in [4.69, 9.17) is 0 Å². The smallest absolute Gasteiger partial charge is 0.0442 e. The predicted octanol–water partition coefficient (Wildman–Crippen LogP) is 5.67. The molecule has 0 saturated heterocycles. The average molecular weight is 227 g/mol. The zero-order chi connectivity index (χ0) is 11.6. The van der Waals surface area contributed by atoms with Crippen LogP contribution < -0.4 is 0 Å². The fraction of sp³-hybridized carbons (Fsp3) is 0.929. The minimum absolute atomic E-state index is 0.750. The molecule has 0 aromatic heterocycles. The van der Waals surface area contributed by atoms with Crippen LogP contribution in [-0.2, 0) is 0 Å². The Morgan fingerprint density at radius 1 is 0.667 bits per heavy atom. The molecule has 0 atom stereocenters. The first-order valence-corrected chi connectivity index (χ1v) is 10.6. The molecule has 0 saturated carbocycles. The lowest BCUT2D eigenvalue weighted by atomic mass is 10.1. The maximum absolute atomic E-state index is 3.87. The van der Waals surface area contributed by atoms with E-state index in [0.29, 0.717) is 0 Å². The third kappa shape index (κ3) is 14.2. The third-order valence-electron chi connectivity index (χ3n) is 2.93. The van der Waals surface area contributed by atoms with Gasteiger partial charge in [0.05, 0.1) is 0 Å². The second-order valence-corrected chi connectivity index (χ2v) is 11.6. The monoisotopic (exact) mass is 227 g/mol. The third-order valence-corrected chi connectivity index (χ3v) is 4.78. The van der Waals surface area contributed by atoms with Crippen LogP contribution in [0.25, 0.3) is 0 Å². The van der Waals surface area contributed by atoms with E-state index < -0.39 is 8.07 Å². The molecule has 0 aromatic carbocycles. The molecule has 0 aromatic rings. The summed E-state index contributed by atoms with van der Waals surface area (Å²) in [4.78, 5) is 0. The van der Waals surface area contributed by atoms with Crippen molar-refractivity contribution >= 4 is 8.07 Å². The van der Waals surface area contributed by atoms with Gasteiger partial charge >= 0.3 is 0 Å². The molecule has 0 aliphatic carbocycles. The first-order chi connectivity index (χ1) is 7.06. The van der Waals surface area contributed by atoms with Crippen LogP contribution in [0.3, 0.4) is 0 Å². The molecular weight excluding hydrogens is 196 g/mol. The molecule has 0 spiro atoms. The van der Waals surface area contributed by atoms with Gasteiger partial charge in [-0.2, -0.15) is 0 Å². The van der Waals surface area contributed by atoms with Gasteiger partial charge in [-0.15, -0.1) is 0 Å². The predicted molar refractivity (Wildman–Crippen MR) is 75.1 cm³/mol. The van der Waals surface area contributed by atoms with Gasteiger partial charge in [-0.1, -0.05) is 90.4 Å². The Labute approximate surface area is 98.9 Å². The van der Waals surface area contributed by atoms with Gasteiger partial charge in [-0.05, 0) is 0 Å². The molecule has 0 fully saturated rings. The molecule has 0 nitrogen and oxygen atoms in total. The average Bonchev–Trinajstić information content (AvgIpc) is 2.14. The summed E-state index contributed by atoms with van der Waals surface area (Å²) in [6, 6.07) is 1.52. The van der Waals surface area contributed by atoms with Crippen LogP contribution in [0.4, 0.5) is 0 Å². The highest BCUT2D eigenvalue weighted by Crippen LogP contribution is 2.16. The standard InChI is InChI=1S/C14H31Si/c1-5-6-7-8-9-10-11-12-13-14-15(2,3)4/h1,5-14H2,2-4H3. The zero-order valence-electron chi connectivity index (χ0n) is 11.3. The first kappa shape index (κ1) is 15.2. The molecule has 0 rings (SSSR count). The Morgan fingerprint density at radius 2 is 1.07 bits per heavy atom. The second kappa shape index (κ2) is 9.44. The van der Waals surface area contributed by atoms with Crippen LogP contribution in [0.1, 0.15) is 57.8 Å². The van der Waals surface area contributed by atoms with Gasteiger partial charge in [0, 0.05) is 8.07 Å². The topological polar surface area (TPSA) is 0 Å². The van der Waals surface area contributed by atoms with Crippen LogP contribution in [0.15, 0.2) is 0 Å². The molecule has 0 bridgehead atoms. The number of unbranched alkanes of at least 4 members (excludes halogenated alkanes) is 8. The van der Waals surface area contributed by atoms with Crippen LogP contribution >= 0.6 is 0 Å². The van der Waals surface area contributed by atoms with Crippen molar-refractivity contribution < 1.29 is 0 Å². The fourth-order valence-corrected chi connectivity index (χ4v) is 3.20. The summed E-state index contributed by atoms with van der Waals surface area (Å²) in [6.45, 7) is 11.3. The van der Waals surface area contributed by atoms with Crippen molar-refractivity contribution in [3.63, 3.8) is 0 Å². The Balaban J connectivity index is 2.99. The molecule has 91 valence electrons. The summed E-state index contributed by atoms with van der Waals surface area (Å²) >= 11 is 0. The highest BCUT2D eigenvalue weighted by molar-refractivity contribution is 6.76. The largest absolute Gasteiger partial charge is 0.0695 e. The van der Waals surface area contributed by atoms with Gasteiger partial charge in [-0.25, -0.2) is 0 Å². The normalized spacial score (nSPS) is 12.0. The maximum atomic E-state index is 3.87.